The molecule has 0 fully saturated rings. The van der Waals surface area contributed by atoms with Crippen LogP contribution in [0.5, 0.6) is 0 Å². The third-order valence-electron chi connectivity index (χ3n) is 1.30. The molecule has 0 heterocycles. The van der Waals surface area contributed by atoms with Crippen molar-refractivity contribution in [1.82, 2.24) is 0 Å². The third-order valence-corrected chi connectivity index (χ3v) is 5.25. The summed E-state index contributed by atoms with van der Waals surface area (Å²) in [7, 11) is 3.42. The Kier molecular flexibility index (Phi) is 3.92. The molecular weight excluding hydrogens is 250 g/mol. The van der Waals surface area contributed by atoms with E-state index in [2.05, 4.69) is 12.1 Å². The fourth-order valence-electron chi connectivity index (χ4n) is 0.835. The normalized spacial score (nSPS) is 10.5. The summed E-state index contributed by atoms with van der Waals surface area (Å²) in [4.78, 5) is 0. The molecule has 0 aliphatic carbocycles. The van der Waals surface area contributed by atoms with Crippen LogP contribution in [0, 0.1) is 0 Å². The first-order valence-electron chi connectivity index (χ1n) is 3.32. The molecule has 0 spiro atoms. The summed E-state index contributed by atoms with van der Waals surface area (Å²) in [5.41, 5.74) is 0. The van der Waals surface area contributed by atoms with Crippen molar-refractivity contribution in [2.24, 2.45) is 0 Å². The average molecular weight is 261 g/mol. The molecule has 0 radical (unpaired) electrons. The van der Waals surface area contributed by atoms with Gasteiger partial charge in [0.05, 0.1) is 0 Å². The Morgan fingerprint density at radius 1 is 1.00 bits per heavy atom. The van der Waals surface area contributed by atoms with Crippen molar-refractivity contribution in [3.63, 3.8) is 0 Å². The second-order valence-corrected chi connectivity index (χ2v) is 6.98. The molecule has 2 nitrogen and oxygen atoms in total. The molecule has 0 amide bonds. The second-order valence-electron chi connectivity index (χ2n) is 1.96. The molecule has 11 heavy (non-hydrogen) atoms. The fourth-order valence-corrected chi connectivity index (χ4v) is 3.65. The van der Waals surface area contributed by atoms with Gasteiger partial charge in [0.1, 0.15) is 0 Å². The van der Waals surface area contributed by atoms with Crippen molar-refractivity contribution in [2.45, 2.75) is 0 Å². The number of benzene rings is 1. The van der Waals surface area contributed by atoms with Gasteiger partial charge in [-0.3, -0.25) is 0 Å². The standard InChI is InChI=1S/C6H5.2CH3O.Sb/c1-2-4-6-5-3-1;2*1-2;/h1-5H;2*1H3;/q;2*-1;+2. The summed E-state index contributed by atoms with van der Waals surface area (Å²) in [6, 6.07) is 10.1. The molecule has 0 saturated heterocycles. The molecule has 0 aliphatic rings. The first-order chi connectivity index (χ1) is 5.38. The van der Waals surface area contributed by atoms with Crippen LogP contribution in [0.2, 0.25) is 0 Å². The van der Waals surface area contributed by atoms with Gasteiger partial charge in [0.15, 0.2) is 0 Å². The fraction of sp³-hybridized carbons (Fsp3) is 0.250. The minimum atomic E-state index is -1.97. The third kappa shape index (κ3) is 2.48. The molecule has 0 bridgehead atoms. The first-order valence-corrected chi connectivity index (χ1v) is 6.68. The van der Waals surface area contributed by atoms with Crippen LogP contribution in [-0.4, -0.2) is 35.3 Å². The van der Waals surface area contributed by atoms with E-state index in [0.29, 0.717) is 0 Å². The van der Waals surface area contributed by atoms with E-state index in [9.17, 15) is 0 Å². The monoisotopic (exact) mass is 260 g/mol. The van der Waals surface area contributed by atoms with Gasteiger partial charge in [0.2, 0.25) is 0 Å². The number of rotatable bonds is 3. The minimum absolute atomic E-state index is 1.22. The molecule has 3 heteroatoms. The van der Waals surface area contributed by atoms with Gasteiger partial charge in [0, 0.05) is 0 Å². The Balaban J connectivity index is 2.74. The zero-order valence-corrected chi connectivity index (χ0v) is 9.20. The van der Waals surface area contributed by atoms with E-state index in [1.807, 2.05) is 18.2 Å². The van der Waals surface area contributed by atoms with Crippen LogP contribution in [0.15, 0.2) is 30.3 Å². The van der Waals surface area contributed by atoms with Gasteiger partial charge in [-0.05, 0) is 0 Å². The Bertz CT molecular complexity index is 197. The van der Waals surface area contributed by atoms with Crippen molar-refractivity contribution < 1.29 is 6.03 Å². The van der Waals surface area contributed by atoms with Crippen molar-refractivity contribution in [3.8, 4) is 0 Å². The zero-order valence-electron chi connectivity index (χ0n) is 6.65. The van der Waals surface area contributed by atoms with E-state index < -0.39 is 21.1 Å². The number of hydrogen-bond donors (Lipinski definition) is 0. The van der Waals surface area contributed by atoms with Crippen molar-refractivity contribution in [2.75, 3.05) is 14.2 Å². The summed E-state index contributed by atoms with van der Waals surface area (Å²) >= 11 is -1.97. The number of hydrogen-bond acceptors (Lipinski definition) is 2. The van der Waals surface area contributed by atoms with Crippen LogP contribution in [0.25, 0.3) is 0 Å². The predicted octanol–water partition coefficient (Wildman–Crippen LogP) is 0.675. The molecule has 0 N–H and O–H groups in total. The Labute approximate surface area is 75.2 Å². The van der Waals surface area contributed by atoms with Crippen LogP contribution in [0.3, 0.4) is 0 Å². The summed E-state index contributed by atoms with van der Waals surface area (Å²) < 4.78 is 11.7. The van der Waals surface area contributed by atoms with Crippen LogP contribution in [-0.2, 0) is 6.03 Å². The molecule has 60 valence electrons. The van der Waals surface area contributed by atoms with Gasteiger partial charge in [-0.2, -0.15) is 0 Å². The summed E-state index contributed by atoms with van der Waals surface area (Å²) in [5.74, 6) is 0. The van der Waals surface area contributed by atoms with Gasteiger partial charge < -0.3 is 0 Å². The van der Waals surface area contributed by atoms with E-state index in [-0.39, 0.29) is 0 Å². The Morgan fingerprint density at radius 2 is 1.55 bits per heavy atom. The van der Waals surface area contributed by atoms with Gasteiger partial charge in [-0.15, -0.1) is 0 Å². The van der Waals surface area contributed by atoms with Gasteiger partial charge in [-0.1, -0.05) is 0 Å². The summed E-state index contributed by atoms with van der Waals surface area (Å²) in [5, 5.41) is 0. The molecule has 0 unspecified atom stereocenters. The zero-order chi connectivity index (χ0) is 8.10. The van der Waals surface area contributed by atoms with E-state index >= 15 is 0 Å². The van der Waals surface area contributed by atoms with Gasteiger partial charge in [0.25, 0.3) is 0 Å². The molecular formula is C8H11O2Sb. The van der Waals surface area contributed by atoms with E-state index in [0.717, 1.165) is 0 Å². The van der Waals surface area contributed by atoms with Crippen LogP contribution >= 0.6 is 0 Å². The molecule has 1 rings (SSSR count). The molecule has 0 saturated carbocycles. The molecule has 1 aromatic rings. The molecule has 0 atom stereocenters. The molecule has 0 aromatic heterocycles. The molecule has 0 aliphatic heterocycles. The maximum atomic E-state index is 5.25. The first kappa shape index (κ1) is 9.05. The summed E-state index contributed by atoms with van der Waals surface area (Å²) in [6.07, 6.45) is 0. The molecule has 1 aromatic carbocycles. The summed E-state index contributed by atoms with van der Waals surface area (Å²) in [6.45, 7) is 0. The maximum absolute atomic E-state index is 5.25. The van der Waals surface area contributed by atoms with Crippen molar-refractivity contribution in [3.05, 3.63) is 30.3 Å². The van der Waals surface area contributed by atoms with Crippen LogP contribution < -0.4 is 3.51 Å². The van der Waals surface area contributed by atoms with Crippen LogP contribution in [0.1, 0.15) is 0 Å². The van der Waals surface area contributed by atoms with Gasteiger partial charge >= 0.3 is 75.1 Å². The van der Waals surface area contributed by atoms with E-state index in [4.69, 9.17) is 6.03 Å². The Hall–Kier alpha value is -0.0418. The predicted molar refractivity (Wildman–Crippen MR) is 45.8 cm³/mol. The van der Waals surface area contributed by atoms with Crippen molar-refractivity contribution >= 4 is 24.6 Å². The second kappa shape index (κ2) is 4.76. The Morgan fingerprint density at radius 3 is 2.00 bits per heavy atom. The quantitative estimate of drug-likeness (QED) is 0.745. The topological polar surface area (TPSA) is 18.5 Å². The van der Waals surface area contributed by atoms with Gasteiger partial charge in [-0.25, -0.2) is 0 Å². The SMILES string of the molecule is C[O][Sb]([O]C)[c]1ccccc1. The van der Waals surface area contributed by atoms with Crippen molar-refractivity contribution in [1.29, 1.82) is 0 Å². The van der Waals surface area contributed by atoms with Crippen LogP contribution in [0.4, 0.5) is 0 Å². The average Bonchev–Trinajstić information content (AvgIpc) is 2.09. The van der Waals surface area contributed by atoms with E-state index in [1.54, 1.807) is 14.2 Å². The van der Waals surface area contributed by atoms with E-state index in [1.165, 1.54) is 3.51 Å².